The summed E-state index contributed by atoms with van der Waals surface area (Å²) in [6.45, 7) is 4.35. The van der Waals surface area contributed by atoms with Crippen molar-refractivity contribution in [1.82, 2.24) is 0 Å². The van der Waals surface area contributed by atoms with Crippen LogP contribution in [0.3, 0.4) is 0 Å². The molecular weight excluding hydrogens is 121 g/mol. The first-order valence-electron chi connectivity index (χ1n) is 2.75. The molecule has 3 heteroatoms. The molecule has 0 rings (SSSR count). The molecular formula is C5H14NOP. The molecule has 50 valence electrons. The van der Waals surface area contributed by atoms with Gasteiger partial charge in [-0.25, -0.2) is 0 Å². The number of ether oxygens (including phenoxy) is 1. The highest BCUT2D eigenvalue weighted by Crippen LogP contribution is 2.21. The average molecular weight is 135 g/mol. The van der Waals surface area contributed by atoms with Gasteiger partial charge in [0, 0.05) is 0 Å². The molecule has 2 nitrogen and oxygen atoms in total. The van der Waals surface area contributed by atoms with E-state index in [9.17, 15) is 0 Å². The first-order valence-corrected chi connectivity index (χ1v) is 3.33. The van der Waals surface area contributed by atoms with Crippen molar-refractivity contribution in [2.45, 2.75) is 25.6 Å². The van der Waals surface area contributed by atoms with Crippen molar-refractivity contribution in [3.05, 3.63) is 0 Å². The number of rotatable bonds is 3. The summed E-state index contributed by atoms with van der Waals surface area (Å²) < 4.78 is 5.12. The first kappa shape index (κ1) is 8.35. The summed E-state index contributed by atoms with van der Waals surface area (Å²) in [6, 6.07) is 0. The van der Waals surface area contributed by atoms with Gasteiger partial charge in [-0.1, -0.05) is 6.92 Å². The van der Waals surface area contributed by atoms with E-state index in [0.717, 1.165) is 6.42 Å². The van der Waals surface area contributed by atoms with Crippen molar-refractivity contribution in [3.63, 3.8) is 0 Å². The molecule has 2 unspecified atom stereocenters. The maximum absolute atomic E-state index is 5.15. The van der Waals surface area contributed by atoms with Crippen LogP contribution < -0.4 is 5.73 Å². The molecule has 0 heterocycles. The lowest BCUT2D eigenvalue weighted by atomic mass is 10.3. The summed E-state index contributed by atoms with van der Waals surface area (Å²) in [6.07, 6.45) is 0.967. The topological polar surface area (TPSA) is 35.2 Å². The third-order valence-electron chi connectivity index (χ3n) is 1.12. The summed E-state index contributed by atoms with van der Waals surface area (Å²) in [5.74, 6) is 0. The third-order valence-corrected chi connectivity index (χ3v) is 1.69. The number of hydrogen-bond acceptors (Lipinski definition) is 2. The van der Waals surface area contributed by atoms with E-state index in [1.807, 2.05) is 6.92 Å². The van der Waals surface area contributed by atoms with Gasteiger partial charge in [-0.3, -0.25) is 0 Å². The predicted octanol–water partition coefficient (Wildman–Crippen LogP) is 0.921. The Morgan fingerprint density at radius 3 is 2.38 bits per heavy atom. The van der Waals surface area contributed by atoms with E-state index in [4.69, 9.17) is 10.5 Å². The molecule has 0 aliphatic rings. The van der Waals surface area contributed by atoms with Crippen LogP contribution in [0, 0.1) is 0 Å². The van der Waals surface area contributed by atoms with Gasteiger partial charge in [0.25, 0.3) is 0 Å². The summed E-state index contributed by atoms with van der Waals surface area (Å²) in [7, 11) is 2.61. The first-order chi connectivity index (χ1) is 3.62. The minimum atomic E-state index is -0.116. The third kappa shape index (κ3) is 3.36. The van der Waals surface area contributed by atoms with Crippen LogP contribution in [0.15, 0.2) is 0 Å². The average Bonchev–Trinajstić information content (AvgIpc) is 1.67. The summed E-state index contributed by atoms with van der Waals surface area (Å²) in [4.78, 5) is 0. The van der Waals surface area contributed by atoms with Crippen molar-refractivity contribution >= 4 is 9.24 Å². The van der Waals surface area contributed by atoms with E-state index in [-0.39, 0.29) is 5.34 Å². The zero-order valence-electron chi connectivity index (χ0n) is 5.48. The second-order valence-corrected chi connectivity index (χ2v) is 3.20. The molecule has 0 amide bonds. The van der Waals surface area contributed by atoms with Gasteiger partial charge >= 0.3 is 0 Å². The van der Waals surface area contributed by atoms with Gasteiger partial charge in [-0.05, 0) is 13.3 Å². The Bertz CT molecular complexity index is 65.4. The fourth-order valence-electron chi connectivity index (χ4n) is 0.292. The lowest BCUT2D eigenvalue weighted by Crippen LogP contribution is -2.22. The highest BCUT2D eigenvalue weighted by atomic mass is 31.0. The molecule has 0 saturated carbocycles. The molecule has 2 N–H and O–H groups in total. The quantitative estimate of drug-likeness (QED) is 0.461. The fraction of sp³-hybridized carbons (Fsp3) is 1.00. The van der Waals surface area contributed by atoms with E-state index in [0.29, 0.717) is 6.73 Å². The van der Waals surface area contributed by atoms with Gasteiger partial charge in [0.15, 0.2) is 0 Å². The van der Waals surface area contributed by atoms with Crippen LogP contribution in [0.25, 0.3) is 0 Å². The Hall–Kier alpha value is 0.350. The second kappa shape index (κ2) is 3.39. The highest BCUT2D eigenvalue weighted by Gasteiger charge is 2.13. The van der Waals surface area contributed by atoms with Crippen LogP contribution in [0.2, 0.25) is 0 Å². The summed E-state index contributed by atoms with van der Waals surface area (Å²) >= 11 is 0. The minimum absolute atomic E-state index is 0.116. The molecule has 0 aromatic carbocycles. The van der Waals surface area contributed by atoms with Crippen LogP contribution in [-0.4, -0.2) is 12.1 Å². The van der Waals surface area contributed by atoms with Crippen molar-refractivity contribution in [1.29, 1.82) is 0 Å². The molecule has 0 aromatic heterocycles. The van der Waals surface area contributed by atoms with Crippen LogP contribution in [0.4, 0.5) is 0 Å². The molecule has 0 spiro atoms. The molecule has 8 heavy (non-hydrogen) atoms. The molecule has 0 radical (unpaired) electrons. The normalized spacial score (nSPS) is 18.0. The van der Waals surface area contributed by atoms with Crippen molar-refractivity contribution in [2.24, 2.45) is 5.73 Å². The van der Waals surface area contributed by atoms with E-state index in [1.165, 1.54) is 0 Å². The Kier molecular flexibility index (Phi) is 3.54. The largest absolute Gasteiger partial charge is 0.356 e. The zero-order valence-corrected chi connectivity index (χ0v) is 6.63. The lowest BCUT2D eigenvalue weighted by Gasteiger charge is -2.21. The van der Waals surface area contributed by atoms with Crippen molar-refractivity contribution in [3.8, 4) is 0 Å². The Labute approximate surface area is 53.0 Å². The number of hydrogen-bond donors (Lipinski definition) is 1. The lowest BCUT2D eigenvalue weighted by molar-refractivity contribution is 0.0400. The maximum atomic E-state index is 5.15. The van der Waals surface area contributed by atoms with Crippen LogP contribution in [-0.2, 0) is 4.74 Å². The minimum Gasteiger partial charge on any atom is -0.356 e. The SMILES string of the molecule is CCC(C)(P)OCN. The van der Waals surface area contributed by atoms with Crippen LogP contribution in [0.1, 0.15) is 20.3 Å². The van der Waals surface area contributed by atoms with Gasteiger partial charge < -0.3 is 10.5 Å². The van der Waals surface area contributed by atoms with Crippen molar-refractivity contribution in [2.75, 3.05) is 6.73 Å². The van der Waals surface area contributed by atoms with E-state index in [2.05, 4.69) is 16.2 Å². The molecule has 0 bridgehead atoms. The Morgan fingerprint density at radius 1 is 1.75 bits per heavy atom. The molecule has 2 atom stereocenters. The zero-order chi connectivity index (χ0) is 6.62. The van der Waals surface area contributed by atoms with Gasteiger partial charge in [0.05, 0.1) is 12.1 Å². The molecule has 0 aliphatic heterocycles. The highest BCUT2D eigenvalue weighted by molar-refractivity contribution is 7.18. The molecule has 0 fully saturated rings. The van der Waals surface area contributed by atoms with Crippen molar-refractivity contribution < 1.29 is 4.74 Å². The molecule has 0 aromatic rings. The van der Waals surface area contributed by atoms with E-state index in [1.54, 1.807) is 0 Å². The van der Waals surface area contributed by atoms with Gasteiger partial charge in [-0.2, -0.15) is 0 Å². The van der Waals surface area contributed by atoms with E-state index < -0.39 is 0 Å². The molecule has 0 saturated heterocycles. The smallest absolute Gasteiger partial charge is 0.0952 e. The Balaban J connectivity index is 3.37. The Morgan fingerprint density at radius 2 is 2.25 bits per heavy atom. The van der Waals surface area contributed by atoms with Crippen LogP contribution in [0.5, 0.6) is 0 Å². The van der Waals surface area contributed by atoms with Crippen LogP contribution >= 0.6 is 9.24 Å². The monoisotopic (exact) mass is 135 g/mol. The fourth-order valence-corrected chi connectivity index (χ4v) is 0.389. The van der Waals surface area contributed by atoms with Gasteiger partial charge in [-0.15, -0.1) is 9.24 Å². The maximum Gasteiger partial charge on any atom is 0.0952 e. The predicted molar refractivity (Wildman–Crippen MR) is 38.5 cm³/mol. The standard InChI is InChI=1S/C5H14NOP/c1-3-5(2,8)7-4-6/h3-4,6,8H2,1-2H3. The van der Waals surface area contributed by atoms with Gasteiger partial charge in [0.1, 0.15) is 0 Å². The summed E-state index contributed by atoms with van der Waals surface area (Å²) in [5, 5.41) is -0.116. The van der Waals surface area contributed by atoms with E-state index >= 15 is 0 Å². The number of nitrogens with two attached hydrogens (primary N) is 1. The summed E-state index contributed by atoms with van der Waals surface area (Å²) in [5.41, 5.74) is 5.15. The second-order valence-electron chi connectivity index (χ2n) is 1.98. The molecule has 0 aliphatic carbocycles. The van der Waals surface area contributed by atoms with Gasteiger partial charge in [0.2, 0.25) is 0 Å².